The molecule has 2 heterocycles. The molecule has 0 spiro atoms. The first-order valence-corrected chi connectivity index (χ1v) is 8.28. The van der Waals surface area contributed by atoms with Gasteiger partial charge in [-0.15, -0.1) is 10.2 Å². The Bertz CT molecular complexity index is 725. The molecule has 2 amide bonds. The Morgan fingerprint density at radius 1 is 1.13 bits per heavy atom. The lowest BCUT2D eigenvalue weighted by Crippen LogP contribution is -2.31. The minimum atomic E-state index is -0.106. The molecule has 0 aliphatic carbocycles. The number of amides is 2. The van der Waals surface area contributed by atoms with Crippen molar-refractivity contribution in [1.82, 2.24) is 19.8 Å². The van der Waals surface area contributed by atoms with E-state index in [0.717, 1.165) is 11.1 Å². The number of carbonyl (C=O) groups excluding carboxylic acids is 2. The Morgan fingerprint density at radius 2 is 1.78 bits per heavy atom. The average molecular weight is 331 g/mol. The van der Waals surface area contributed by atoms with Crippen LogP contribution in [0.2, 0.25) is 0 Å². The van der Waals surface area contributed by atoms with Crippen molar-refractivity contribution in [3.05, 3.63) is 29.8 Å². The Hall–Kier alpha value is -2.35. The van der Waals surface area contributed by atoms with Gasteiger partial charge in [-0.25, -0.2) is 4.68 Å². The van der Waals surface area contributed by atoms with Crippen LogP contribution in [0.1, 0.15) is 18.4 Å². The van der Waals surface area contributed by atoms with Crippen LogP contribution in [0.15, 0.2) is 29.4 Å². The van der Waals surface area contributed by atoms with Gasteiger partial charge in [0.15, 0.2) is 5.82 Å². The molecule has 120 valence electrons. The maximum atomic E-state index is 11.5. The van der Waals surface area contributed by atoms with Crippen molar-refractivity contribution in [2.24, 2.45) is 0 Å². The number of carbonyl (C=O) groups is 2. The minimum absolute atomic E-state index is 0.106. The number of nitrogen functional groups attached to an aromatic ring is 1. The van der Waals surface area contributed by atoms with Crippen molar-refractivity contribution in [3.8, 4) is 11.4 Å². The molecular weight excluding hydrogens is 314 g/mol. The summed E-state index contributed by atoms with van der Waals surface area (Å²) in [6.45, 7) is 2.38. The molecule has 0 bridgehead atoms. The Kier molecular flexibility index (Phi) is 4.33. The third-order valence-electron chi connectivity index (χ3n) is 3.68. The van der Waals surface area contributed by atoms with Crippen molar-refractivity contribution in [1.29, 1.82) is 0 Å². The summed E-state index contributed by atoms with van der Waals surface area (Å²) in [6.07, 6.45) is 0.627. The number of thioether (sulfide) groups is 1. The Labute approximate surface area is 137 Å². The Morgan fingerprint density at radius 3 is 2.43 bits per heavy atom. The van der Waals surface area contributed by atoms with Crippen LogP contribution in [-0.4, -0.2) is 43.9 Å². The third kappa shape index (κ3) is 3.21. The second kappa shape index (κ2) is 6.41. The van der Waals surface area contributed by atoms with Gasteiger partial charge in [-0.05, 0) is 6.92 Å². The highest BCUT2D eigenvalue weighted by molar-refractivity contribution is 7.99. The highest BCUT2D eigenvalue weighted by Gasteiger charge is 2.28. The topological polar surface area (TPSA) is 94.1 Å². The summed E-state index contributed by atoms with van der Waals surface area (Å²) in [6, 6.07) is 7.86. The molecule has 1 aliphatic rings. The number of nitrogens with two attached hydrogens (primary N) is 1. The number of aryl methyl sites for hydroxylation is 1. The van der Waals surface area contributed by atoms with E-state index in [1.165, 1.54) is 21.3 Å². The van der Waals surface area contributed by atoms with Gasteiger partial charge in [0.25, 0.3) is 0 Å². The molecule has 2 aromatic rings. The fraction of sp³-hybridized carbons (Fsp3) is 0.333. The van der Waals surface area contributed by atoms with Crippen LogP contribution in [0.4, 0.5) is 0 Å². The number of benzene rings is 1. The summed E-state index contributed by atoms with van der Waals surface area (Å²) in [4.78, 5) is 24.4. The van der Waals surface area contributed by atoms with Crippen molar-refractivity contribution < 1.29 is 9.59 Å². The molecule has 1 fully saturated rings. The lowest BCUT2D eigenvalue weighted by molar-refractivity contribution is -0.137. The first kappa shape index (κ1) is 15.5. The van der Waals surface area contributed by atoms with E-state index in [-0.39, 0.29) is 11.8 Å². The summed E-state index contributed by atoms with van der Waals surface area (Å²) >= 11 is 1.37. The van der Waals surface area contributed by atoms with Gasteiger partial charge in [-0.1, -0.05) is 41.6 Å². The van der Waals surface area contributed by atoms with Crippen LogP contribution in [0.25, 0.3) is 11.4 Å². The molecule has 8 heteroatoms. The second-order valence-electron chi connectivity index (χ2n) is 5.33. The molecule has 3 rings (SSSR count). The molecule has 1 aromatic heterocycles. The van der Waals surface area contributed by atoms with E-state index in [9.17, 15) is 9.59 Å². The number of hydrogen-bond donors (Lipinski definition) is 1. The monoisotopic (exact) mass is 331 g/mol. The molecule has 0 atom stereocenters. The lowest BCUT2D eigenvalue weighted by atomic mass is 10.1. The summed E-state index contributed by atoms with van der Waals surface area (Å²) in [5, 5.41) is 8.75. The van der Waals surface area contributed by atoms with Crippen LogP contribution >= 0.6 is 11.8 Å². The third-order valence-corrected chi connectivity index (χ3v) is 4.60. The maximum Gasteiger partial charge on any atom is 0.229 e. The van der Waals surface area contributed by atoms with Gasteiger partial charge in [-0.2, -0.15) is 0 Å². The Balaban J connectivity index is 1.64. The highest BCUT2D eigenvalue weighted by atomic mass is 32.2. The molecule has 0 saturated carbocycles. The standard InChI is InChI=1S/C15H17N5O2S/c1-10-2-4-11(5-3-10)14-17-18-15(20(14)16)23-9-8-19-12(21)6-7-13(19)22/h2-5H,6-9,16H2,1H3. The van der Waals surface area contributed by atoms with E-state index in [4.69, 9.17) is 5.84 Å². The van der Waals surface area contributed by atoms with Crippen LogP contribution in [0, 0.1) is 6.92 Å². The fourth-order valence-corrected chi connectivity index (χ4v) is 3.16. The second-order valence-corrected chi connectivity index (χ2v) is 6.39. The zero-order valence-electron chi connectivity index (χ0n) is 12.7. The van der Waals surface area contributed by atoms with Gasteiger partial charge in [0.05, 0.1) is 0 Å². The van der Waals surface area contributed by atoms with Crippen LogP contribution in [0.5, 0.6) is 0 Å². The van der Waals surface area contributed by atoms with Gasteiger partial charge in [0.2, 0.25) is 17.0 Å². The van der Waals surface area contributed by atoms with E-state index >= 15 is 0 Å². The van der Waals surface area contributed by atoms with E-state index in [0.29, 0.717) is 36.1 Å². The molecule has 23 heavy (non-hydrogen) atoms. The molecule has 7 nitrogen and oxygen atoms in total. The van der Waals surface area contributed by atoms with Crippen molar-refractivity contribution in [2.45, 2.75) is 24.9 Å². The van der Waals surface area contributed by atoms with Gasteiger partial charge < -0.3 is 5.84 Å². The van der Waals surface area contributed by atoms with Gasteiger partial charge in [0, 0.05) is 30.7 Å². The summed E-state index contributed by atoms with van der Waals surface area (Å²) in [7, 11) is 0. The quantitative estimate of drug-likeness (QED) is 0.503. The first-order valence-electron chi connectivity index (χ1n) is 7.30. The number of likely N-dealkylation sites (tertiary alicyclic amines) is 1. The number of aromatic nitrogens is 3. The number of hydrogen-bond acceptors (Lipinski definition) is 6. The van der Waals surface area contributed by atoms with Crippen molar-refractivity contribution in [3.63, 3.8) is 0 Å². The van der Waals surface area contributed by atoms with E-state index in [1.54, 1.807) is 0 Å². The largest absolute Gasteiger partial charge is 0.335 e. The van der Waals surface area contributed by atoms with Gasteiger partial charge in [0.1, 0.15) is 0 Å². The molecular formula is C15H17N5O2S. The molecule has 1 aliphatic heterocycles. The van der Waals surface area contributed by atoms with E-state index in [1.807, 2.05) is 31.2 Å². The molecule has 2 N–H and O–H groups in total. The number of rotatable bonds is 5. The zero-order valence-corrected chi connectivity index (χ0v) is 13.5. The van der Waals surface area contributed by atoms with Crippen molar-refractivity contribution in [2.75, 3.05) is 18.1 Å². The summed E-state index contributed by atoms with van der Waals surface area (Å²) < 4.78 is 1.43. The first-order chi connectivity index (χ1) is 11.1. The molecule has 1 saturated heterocycles. The summed E-state index contributed by atoms with van der Waals surface area (Å²) in [5.74, 6) is 6.96. The van der Waals surface area contributed by atoms with Crippen LogP contribution in [-0.2, 0) is 9.59 Å². The predicted molar refractivity (Wildman–Crippen MR) is 87.0 cm³/mol. The fourth-order valence-electron chi connectivity index (χ4n) is 2.38. The minimum Gasteiger partial charge on any atom is -0.335 e. The predicted octanol–water partition coefficient (Wildman–Crippen LogP) is 1.21. The van der Waals surface area contributed by atoms with Crippen LogP contribution in [0.3, 0.4) is 0 Å². The highest BCUT2D eigenvalue weighted by Crippen LogP contribution is 2.22. The number of nitrogens with zero attached hydrogens (tertiary/aromatic N) is 4. The van der Waals surface area contributed by atoms with Gasteiger partial charge >= 0.3 is 0 Å². The summed E-state index contributed by atoms with van der Waals surface area (Å²) in [5.41, 5.74) is 2.05. The van der Waals surface area contributed by atoms with Gasteiger partial charge in [-0.3, -0.25) is 14.5 Å². The molecule has 0 radical (unpaired) electrons. The van der Waals surface area contributed by atoms with E-state index in [2.05, 4.69) is 10.2 Å². The SMILES string of the molecule is Cc1ccc(-c2nnc(SCCN3C(=O)CCC3=O)n2N)cc1. The molecule has 1 aromatic carbocycles. The lowest BCUT2D eigenvalue weighted by Gasteiger charge is -2.12. The zero-order chi connectivity index (χ0) is 16.4. The van der Waals surface area contributed by atoms with Crippen LogP contribution < -0.4 is 5.84 Å². The van der Waals surface area contributed by atoms with E-state index < -0.39 is 0 Å². The molecule has 0 unspecified atom stereocenters. The average Bonchev–Trinajstić information content (AvgIpc) is 3.05. The maximum absolute atomic E-state index is 11.5. The number of imide groups is 1. The smallest absolute Gasteiger partial charge is 0.229 e. The normalized spacial score (nSPS) is 14.7. The van der Waals surface area contributed by atoms with Crippen molar-refractivity contribution >= 4 is 23.6 Å².